The average Bonchev–Trinajstić information content (AvgIpc) is 2.81. The van der Waals surface area contributed by atoms with Crippen molar-refractivity contribution in [2.75, 3.05) is 30.5 Å². The number of anilines is 2. The van der Waals surface area contributed by atoms with E-state index in [1.54, 1.807) is 13.8 Å². The summed E-state index contributed by atoms with van der Waals surface area (Å²) in [6.45, 7) is 3.89. The molecule has 0 unspecified atom stereocenters. The van der Waals surface area contributed by atoms with Gasteiger partial charge >= 0.3 is 12.2 Å². The van der Waals surface area contributed by atoms with E-state index in [1.807, 2.05) is 0 Å². The molecule has 3 N–H and O–H groups in total. The Hall–Kier alpha value is -4.13. The van der Waals surface area contributed by atoms with E-state index < -0.39 is 46.3 Å². The third-order valence-electron chi connectivity index (χ3n) is 5.29. The predicted octanol–water partition coefficient (Wildman–Crippen LogP) is 4.81. The summed E-state index contributed by atoms with van der Waals surface area (Å²) in [6, 6.07) is 4.52. The highest BCUT2D eigenvalue weighted by atomic mass is 19.4. The molecule has 13 heteroatoms. The molecule has 2 amide bonds. The summed E-state index contributed by atoms with van der Waals surface area (Å²) >= 11 is 0. The van der Waals surface area contributed by atoms with Crippen LogP contribution in [0, 0.1) is 5.82 Å². The largest absolute Gasteiger partial charge is 0.488 e. The van der Waals surface area contributed by atoms with Crippen LogP contribution in [0.25, 0.3) is 11.1 Å². The van der Waals surface area contributed by atoms with Crippen LogP contribution in [0.3, 0.4) is 0 Å². The standard InChI is InChI=1S/C24H22F4N4O5/c1-3-36-19-7-14(10-30-21(19)33)13-6-17(25)20(29-9-13)32-22(34)31-15-4-5-18(16(8-15)24(26,27)28)37-23(2)11-35-12-23/h4-10H,3,11-12H2,1-2H3,(H,30,33)(H2,29,31,32,34). The van der Waals surface area contributed by atoms with Crippen LogP contribution >= 0.6 is 0 Å². The first-order chi connectivity index (χ1) is 17.5. The molecule has 0 aliphatic carbocycles. The van der Waals surface area contributed by atoms with E-state index in [4.69, 9.17) is 14.2 Å². The van der Waals surface area contributed by atoms with Gasteiger partial charge in [0.15, 0.2) is 23.0 Å². The number of hydrogen-bond donors (Lipinski definition) is 3. The van der Waals surface area contributed by atoms with Crippen LogP contribution in [-0.2, 0) is 10.9 Å². The molecule has 0 atom stereocenters. The number of H-pyrrole nitrogens is 1. The van der Waals surface area contributed by atoms with Crippen LogP contribution in [0.5, 0.6) is 11.5 Å². The summed E-state index contributed by atoms with van der Waals surface area (Å²) in [5.41, 5.74) is -1.90. The van der Waals surface area contributed by atoms with Gasteiger partial charge in [-0.2, -0.15) is 13.2 Å². The van der Waals surface area contributed by atoms with E-state index >= 15 is 0 Å². The van der Waals surface area contributed by atoms with Gasteiger partial charge in [0.1, 0.15) is 5.75 Å². The highest BCUT2D eigenvalue weighted by Crippen LogP contribution is 2.40. The second-order valence-electron chi connectivity index (χ2n) is 8.40. The van der Waals surface area contributed by atoms with Crippen LogP contribution < -0.4 is 25.7 Å². The first-order valence-electron chi connectivity index (χ1n) is 11.0. The number of aromatic amines is 1. The topological polar surface area (TPSA) is 115 Å². The molecule has 1 aliphatic rings. The van der Waals surface area contributed by atoms with Crippen molar-refractivity contribution in [1.29, 1.82) is 0 Å². The van der Waals surface area contributed by atoms with Crippen LogP contribution in [-0.4, -0.2) is 41.4 Å². The maximum absolute atomic E-state index is 14.6. The number of halogens is 4. The molecule has 4 rings (SSSR count). The minimum atomic E-state index is -4.75. The molecular weight excluding hydrogens is 500 g/mol. The van der Waals surface area contributed by atoms with E-state index in [2.05, 4.69) is 20.6 Å². The Morgan fingerprint density at radius 3 is 2.54 bits per heavy atom. The maximum atomic E-state index is 14.6. The van der Waals surface area contributed by atoms with Crippen LogP contribution in [0.4, 0.5) is 33.9 Å². The summed E-state index contributed by atoms with van der Waals surface area (Å²) < 4.78 is 71.2. The van der Waals surface area contributed by atoms with Gasteiger partial charge in [-0.1, -0.05) is 0 Å². The van der Waals surface area contributed by atoms with Gasteiger partial charge in [0, 0.05) is 29.2 Å². The second kappa shape index (κ2) is 10.1. The molecule has 3 aromatic rings. The minimum absolute atomic E-state index is 0.0479. The Bertz CT molecular complexity index is 1370. The van der Waals surface area contributed by atoms with Crippen molar-refractivity contribution in [3.8, 4) is 22.6 Å². The Morgan fingerprint density at radius 2 is 1.92 bits per heavy atom. The molecule has 1 fully saturated rings. The summed E-state index contributed by atoms with van der Waals surface area (Å²) in [6.07, 6.45) is -2.15. The van der Waals surface area contributed by atoms with Crippen molar-refractivity contribution in [3.05, 3.63) is 64.5 Å². The number of nitrogens with zero attached hydrogens (tertiary/aromatic N) is 1. The molecule has 1 saturated heterocycles. The van der Waals surface area contributed by atoms with E-state index in [0.717, 1.165) is 18.2 Å². The number of carbonyl (C=O) groups is 1. The molecule has 0 saturated carbocycles. The molecule has 0 bridgehead atoms. The van der Waals surface area contributed by atoms with Gasteiger partial charge in [-0.15, -0.1) is 0 Å². The maximum Gasteiger partial charge on any atom is 0.420 e. The molecule has 0 radical (unpaired) electrons. The Labute approximate surface area is 207 Å². The molecule has 196 valence electrons. The third-order valence-corrected chi connectivity index (χ3v) is 5.29. The lowest BCUT2D eigenvalue weighted by Crippen LogP contribution is -2.51. The minimum Gasteiger partial charge on any atom is -0.488 e. The van der Waals surface area contributed by atoms with Gasteiger partial charge in [0.05, 0.1) is 25.4 Å². The SMILES string of the molecule is CCOc1cc(-c2cnc(NC(=O)Nc3ccc(OC4(C)COC4)c(C(F)(F)F)c3)c(F)c2)c[nH]c1=O. The monoisotopic (exact) mass is 522 g/mol. The molecule has 37 heavy (non-hydrogen) atoms. The first kappa shape index (κ1) is 25.9. The lowest BCUT2D eigenvalue weighted by Gasteiger charge is -2.38. The number of benzene rings is 1. The van der Waals surface area contributed by atoms with Crippen molar-refractivity contribution < 1.29 is 36.6 Å². The van der Waals surface area contributed by atoms with E-state index in [0.29, 0.717) is 5.56 Å². The number of amides is 2. The van der Waals surface area contributed by atoms with Crippen molar-refractivity contribution >= 4 is 17.5 Å². The van der Waals surface area contributed by atoms with Gasteiger partial charge < -0.3 is 24.5 Å². The Morgan fingerprint density at radius 1 is 1.16 bits per heavy atom. The van der Waals surface area contributed by atoms with Crippen molar-refractivity contribution in [3.63, 3.8) is 0 Å². The summed E-state index contributed by atoms with van der Waals surface area (Å²) in [5, 5.41) is 4.39. The van der Waals surface area contributed by atoms with Gasteiger partial charge in [-0.05, 0) is 44.2 Å². The second-order valence-corrected chi connectivity index (χ2v) is 8.40. The zero-order chi connectivity index (χ0) is 26.8. The van der Waals surface area contributed by atoms with Gasteiger partial charge in [-0.3, -0.25) is 10.1 Å². The molecule has 3 heterocycles. The van der Waals surface area contributed by atoms with Gasteiger partial charge in [-0.25, -0.2) is 14.2 Å². The van der Waals surface area contributed by atoms with Gasteiger partial charge in [0.25, 0.3) is 5.56 Å². The van der Waals surface area contributed by atoms with Crippen molar-refractivity contribution in [1.82, 2.24) is 9.97 Å². The van der Waals surface area contributed by atoms with Gasteiger partial charge in [0.2, 0.25) is 0 Å². The summed E-state index contributed by atoms with van der Waals surface area (Å²) in [4.78, 5) is 30.5. The first-order valence-corrected chi connectivity index (χ1v) is 11.0. The smallest absolute Gasteiger partial charge is 0.420 e. The lowest BCUT2D eigenvalue weighted by molar-refractivity contribution is -0.160. The van der Waals surface area contributed by atoms with Crippen molar-refractivity contribution in [2.24, 2.45) is 0 Å². The van der Waals surface area contributed by atoms with E-state index in [-0.39, 0.29) is 36.8 Å². The summed E-state index contributed by atoms with van der Waals surface area (Å²) in [7, 11) is 0. The van der Waals surface area contributed by atoms with E-state index in [9.17, 15) is 27.2 Å². The fourth-order valence-corrected chi connectivity index (χ4v) is 3.48. The molecule has 1 aliphatic heterocycles. The number of carbonyl (C=O) groups excluding carboxylic acids is 1. The number of pyridine rings is 2. The molecule has 2 aromatic heterocycles. The van der Waals surface area contributed by atoms with Crippen LogP contribution in [0.15, 0.2) is 47.5 Å². The number of nitrogens with one attached hydrogen (secondary N) is 3. The summed E-state index contributed by atoms with van der Waals surface area (Å²) in [5.74, 6) is -1.72. The normalized spacial score (nSPS) is 14.4. The van der Waals surface area contributed by atoms with Crippen LogP contribution in [0.1, 0.15) is 19.4 Å². The number of rotatable bonds is 7. The Kier molecular flexibility index (Phi) is 7.07. The lowest BCUT2D eigenvalue weighted by atomic mass is 10.0. The Balaban J connectivity index is 1.48. The fraction of sp³-hybridized carbons (Fsp3) is 0.292. The molecular formula is C24H22F4N4O5. The number of urea groups is 1. The van der Waals surface area contributed by atoms with E-state index in [1.165, 1.54) is 24.5 Å². The fourth-order valence-electron chi connectivity index (χ4n) is 3.48. The number of aromatic nitrogens is 2. The number of hydrogen-bond acceptors (Lipinski definition) is 6. The number of alkyl halides is 3. The highest BCUT2D eigenvalue weighted by Gasteiger charge is 2.40. The predicted molar refractivity (Wildman–Crippen MR) is 125 cm³/mol. The van der Waals surface area contributed by atoms with Crippen molar-refractivity contribution in [2.45, 2.75) is 25.6 Å². The molecule has 0 spiro atoms. The zero-order valence-electron chi connectivity index (χ0n) is 19.7. The quantitative estimate of drug-likeness (QED) is 0.384. The third kappa shape index (κ3) is 6.00. The average molecular weight is 522 g/mol. The molecule has 9 nitrogen and oxygen atoms in total. The highest BCUT2D eigenvalue weighted by molar-refractivity contribution is 5.99. The zero-order valence-corrected chi connectivity index (χ0v) is 19.7. The van der Waals surface area contributed by atoms with Crippen LogP contribution in [0.2, 0.25) is 0 Å². The number of ether oxygens (including phenoxy) is 3. The molecule has 1 aromatic carbocycles.